The number of nitrogens with one attached hydrogen (secondary N) is 1. The Morgan fingerprint density at radius 1 is 1.44 bits per heavy atom. The first kappa shape index (κ1) is 13.8. The second-order valence-electron chi connectivity index (χ2n) is 3.79. The zero-order chi connectivity index (χ0) is 12.0. The highest BCUT2D eigenvalue weighted by Gasteiger charge is 2.09. The maximum absolute atomic E-state index is 5.88. The number of rotatable bonds is 6. The molecule has 1 atom stereocenters. The van der Waals surface area contributed by atoms with Crippen LogP contribution in [0.5, 0.6) is 0 Å². The predicted octanol–water partition coefficient (Wildman–Crippen LogP) is 4.68. The Hall–Kier alpha value is -0.310. The van der Waals surface area contributed by atoms with Gasteiger partial charge in [-0.15, -0.1) is 0 Å². The van der Waals surface area contributed by atoms with Crippen LogP contribution in [0.15, 0.2) is 35.3 Å². The molecule has 1 aromatic carbocycles. The van der Waals surface area contributed by atoms with Gasteiger partial charge in [0, 0.05) is 22.1 Å². The van der Waals surface area contributed by atoms with Gasteiger partial charge >= 0.3 is 0 Å². The first-order valence-corrected chi connectivity index (χ1v) is 6.62. The molecule has 0 aromatic heterocycles. The van der Waals surface area contributed by atoms with Gasteiger partial charge in [0.1, 0.15) is 0 Å². The lowest BCUT2D eigenvalue weighted by Crippen LogP contribution is -2.22. The van der Waals surface area contributed by atoms with E-state index in [0.29, 0.717) is 6.04 Å². The van der Waals surface area contributed by atoms with E-state index in [1.807, 2.05) is 12.1 Å². The fourth-order valence-electron chi connectivity index (χ4n) is 1.60. The Bertz CT molecular complexity index is 334. The lowest BCUT2D eigenvalue weighted by molar-refractivity contribution is 0.520. The van der Waals surface area contributed by atoms with Crippen molar-refractivity contribution < 1.29 is 0 Å². The minimum atomic E-state index is 0.372. The molecule has 1 unspecified atom stereocenters. The molecule has 3 heteroatoms. The van der Waals surface area contributed by atoms with Crippen molar-refractivity contribution in [3.8, 4) is 0 Å². The van der Waals surface area contributed by atoms with Crippen molar-refractivity contribution in [2.24, 2.45) is 0 Å². The van der Waals surface area contributed by atoms with E-state index in [-0.39, 0.29) is 0 Å². The van der Waals surface area contributed by atoms with Gasteiger partial charge < -0.3 is 5.32 Å². The summed E-state index contributed by atoms with van der Waals surface area (Å²) in [6.07, 6.45) is 2.26. The van der Waals surface area contributed by atoms with Crippen molar-refractivity contribution in [2.75, 3.05) is 6.54 Å². The molecule has 0 aliphatic rings. The van der Waals surface area contributed by atoms with Gasteiger partial charge in [0.15, 0.2) is 0 Å². The molecule has 0 fully saturated rings. The molecule has 1 nitrogen and oxygen atoms in total. The lowest BCUT2D eigenvalue weighted by Gasteiger charge is -2.18. The van der Waals surface area contributed by atoms with E-state index in [0.717, 1.165) is 28.9 Å². The van der Waals surface area contributed by atoms with Crippen molar-refractivity contribution >= 4 is 27.5 Å². The average molecular weight is 303 g/mol. The smallest absolute Gasteiger partial charge is 0.0406 e. The van der Waals surface area contributed by atoms with E-state index in [1.165, 1.54) is 5.56 Å². The van der Waals surface area contributed by atoms with Crippen molar-refractivity contribution in [1.82, 2.24) is 5.32 Å². The molecule has 1 N–H and O–H groups in total. The van der Waals surface area contributed by atoms with Crippen molar-refractivity contribution in [1.29, 1.82) is 0 Å². The largest absolute Gasteiger partial charge is 0.305 e. The van der Waals surface area contributed by atoms with E-state index in [2.05, 4.69) is 46.9 Å². The highest BCUT2D eigenvalue weighted by Crippen LogP contribution is 2.21. The molecule has 88 valence electrons. The first-order valence-electron chi connectivity index (χ1n) is 5.45. The number of hydrogen-bond acceptors (Lipinski definition) is 1. The minimum absolute atomic E-state index is 0.372. The maximum Gasteiger partial charge on any atom is 0.0406 e. The SMILES string of the molecule is C=C(Br)CNC(CCC)c1ccc(Cl)cc1. The Balaban J connectivity index is 2.68. The van der Waals surface area contributed by atoms with Crippen LogP contribution in [0.1, 0.15) is 31.4 Å². The first-order chi connectivity index (χ1) is 7.63. The summed E-state index contributed by atoms with van der Waals surface area (Å²) in [4.78, 5) is 0. The molecule has 0 aliphatic carbocycles. The molecule has 0 spiro atoms. The molecule has 1 aromatic rings. The number of benzene rings is 1. The molecule has 0 aliphatic heterocycles. The summed E-state index contributed by atoms with van der Waals surface area (Å²) in [6.45, 7) is 6.80. The Kier molecular flexibility index (Phi) is 6.10. The van der Waals surface area contributed by atoms with Crippen LogP contribution in [0.3, 0.4) is 0 Å². The number of hydrogen-bond donors (Lipinski definition) is 1. The third-order valence-electron chi connectivity index (χ3n) is 2.39. The van der Waals surface area contributed by atoms with Crippen LogP contribution >= 0.6 is 27.5 Å². The second-order valence-corrected chi connectivity index (χ2v) is 5.35. The van der Waals surface area contributed by atoms with Gasteiger partial charge in [0.05, 0.1) is 0 Å². The standard InChI is InChI=1S/C13H17BrClN/c1-3-4-13(16-9-10(2)14)11-5-7-12(15)8-6-11/h5-8,13,16H,2-4,9H2,1H3. The third-order valence-corrected chi connectivity index (χ3v) is 2.92. The molecule has 0 radical (unpaired) electrons. The van der Waals surface area contributed by atoms with Crippen LogP contribution in [-0.2, 0) is 0 Å². The fraction of sp³-hybridized carbons (Fsp3) is 0.385. The van der Waals surface area contributed by atoms with Gasteiger partial charge in [0.2, 0.25) is 0 Å². The molecule has 0 heterocycles. The summed E-state index contributed by atoms with van der Waals surface area (Å²) in [6, 6.07) is 8.39. The van der Waals surface area contributed by atoms with Gasteiger partial charge in [-0.2, -0.15) is 0 Å². The third kappa shape index (κ3) is 4.69. The zero-order valence-electron chi connectivity index (χ0n) is 9.47. The van der Waals surface area contributed by atoms with Crippen molar-refractivity contribution in [3.05, 3.63) is 45.9 Å². The van der Waals surface area contributed by atoms with E-state index in [4.69, 9.17) is 11.6 Å². The molecular weight excluding hydrogens is 286 g/mol. The van der Waals surface area contributed by atoms with Gasteiger partial charge in [0.25, 0.3) is 0 Å². The molecule has 0 amide bonds. The monoisotopic (exact) mass is 301 g/mol. The summed E-state index contributed by atoms with van der Waals surface area (Å²) >= 11 is 9.24. The zero-order valence-corrected chi connectivity index (χ0v) is 11.8. The summed E-state index contributed by atoms with van der Waals surface area (Å²) in [5, 5.41) is 4.25. The van der Waals surface area contributed by atoms with E-state index in [1.54, 1.807) is 0 Å². The second kappa shape index (κ2) is 7.10. The molecule has 0 saturated carbocycles. The Morgan fingerprint density at radius 2 is 2.06 bits per heavy atom. The highest BCUT2D eigenvalue weighted by molar-refractivity contribution is 9.11. The van der Waals surface area contributed by atoms with Crippen molar-refractivity contribution in [2.45, 2.75) is 25.8 Å². The van der Waals surface area contributed by atoms with Crippen LogP contribution < -0.4 is 5.32 Å². The molecular formula is C13H17BrClN. The molecule has 1 rings (SSSR count). The normalized spacial score (nSPS) is 12.4. The quantitative estimate of drug-likeness (QED) is 0.804. The number of halogens is 2. The van der Waals surface area contributed by atoms with Gasteiger partial charge in [-0.1, -0.05) is 59.6 Å². The van der Waals surface area contributed by atoms with Gasteiger partial charge in [-0.25, -0.2) is 0 Å². The topological polar surface area (TPSA) is 12.0 Å². The van der Waals surface area contributed by atoms with Crippen LogP contribution in [0.2, 0.25) is 5.02 Å². The molecule has 0 bridgehead atoms. The Labute approximate surface area is 111 Å². The fourth-order valence-corrected chi connectivity index (χ4v) is 1.89. The van der Waals surface area contributed by atoms with Crippen LogP contribution in [0.25, 0.3) is 0 Å². The van der Waals surface area contributed by atoms with E-state index >= 15 is 0 Å². The Morgan fingerprint density at radius 3 is 2.56 bits per heavy atom. The van der Waals surface area contributed by atoms with Gasteiger partial charge in [-0.3, -0.25) is 0 Å². The summed E-state index contributed by atoms with van der Waals surface area (Å²) in [5.41, 5.74) is 1.28. The van der Waals surface area contributed by atoms with Crippen LogP contribution in [0, 0.1) is 0 Å². The van der Waals surface area contributed by atoms with Crippen LogP contribution in [-0.4, -0.2) is 6.54 Å². The summed E-state index contributed by atoms with van der Waals surface area (Å²) < 4.78 is 0.975. The minimum Gasteiger partial charge on any atom is -0.305 e. The predicted molar refractivity (Wildman–Crippen MR) is 75.2 cm³/mol. The lowest BCUT2D eigenvalue weighted by atomic mass is 10.0. The van der Waals surface area contributed by atoms with E-state index < -0.39 is 0 Å². The molecule has 16 heavy (non-hydrogen) atoms. The maximum atomic E-state index is 5.88. The molecule has 0 saturated heterocycles. The summed E-state index contributed by atoms with van der Waals surface area (Å²) in [7, 11) is 0. The van der Waals surface area contributed by atoms with Gasteiger partial charge in [-0.05, 0) is 24.1 Å². The van der Waals surface area contributed by atoms with E-state index in [9.17, 15) is 0 Å². The van der Waals surface area contributed by atoms with Crippen LogP contribution in [0.4, 0.5) is 0 Å². The van der Waals surface area contributed by atoms with Crippen molar-refractivity contribution in [3.63, 3.8) is 0 Å². The highest BCUT2D eigenvalue weighted by atomic mass is 79.9. The summed E-state index contributed by atoms with van der Waals surface area (Å²) in [5.74, 6) is 0. The average Bonchev–Trinajstić information content (AvgIpc) is 2.25.